The normalized spacial score (nSPS) is 17.2. The summed E-state index contributed by atoms with van der Waals surface area (Å²) in [5.41, 5.74) is 3.23. The van der Waals surface area contributed by atoms with E-state index in [1.165, 1.54) is 17.7 Å². The van der Waals surface area contributed by atoms with Gasteiger partial charge in [0.1, 0.15) is 0 Å². The van der Waals surface area contributed by atoms with E-state index < -0.39 is 16.1 Å². The number of hydrogen-bond donors (Lipinski definition) is 1. The molecule has 0 bridgehead atoms. The molecule has 2 amide bonds. The van der Waals surface area contributed by atoms with E-state index in [0.717, 1.165) is 11.1 Å². The molecular weight excluding hydrogens is 324 g/mol. The quantitative estimate of drug-likeness (QED) is 0.911. The minimum Gasteiger partial charge on any atom is -0.319 e. The number of amides is 2. The van der Waals surface area contributed by atoms with Gasteiger partial charge in [0.15, 0.2) is 0 Å². The van der Waals surface area contributed by atoms with Gasteiger partial charge in [0.05, 0.1) is 4.90 Å². The Hall–Kier alpha value is -2.34. The Morgan fingerprint density at radius 3 is 2.50 bits per heavy atom. The van der Waals surface area contributed by atoms with Crippen LogP contribution >= 0.6 is 0 Å². The Balaban J connectivity index is 1.77. The fourth-order valence-corrected chi connectivity index (χ4v) is 3.94. The van der Waals surface area contributed by atoms with Gasteiger partial charge in [0.2, 0.25) is 0 Å². The van der Waals surface area contributed by atoms with Crippen LogP contribution < -0.4 is 4.72 Å². The minimum atomic E-state index is -3.86. The highest BCUT2D eigenvalue weighted by Gasteiger charge is 2.28. The predicted octanol–water partition coefficient (Wildman–Crippen LogP) is 3.01. The number of benzene rings is 2. The van der Waals surface area contributed by atoms with E-state index in [1.54, 1.807) is 17.0 Å². The summed E-state index contributed by atoms with van der Waals surface area (Å²) in [4.78, 5) is 14.1. The summed E-state index contributed by atoms with van der Waals surface area (Å²) in [6.07, 6.45) is 0. The number of urea groups is 1. The van der Waals surface area contributed by atoms with Gasteiger partial charge in [-0.05, 0) is 36.1 Å². The largest absolute Gasteiger partial charge is 0.331 e. The first kappa shape index (κ1) is 16.5. The van der Waals surface area contributed by atoms with E-state index in [-0.39, 0.29) is 10.8 Å². The lowest BCUT2D eigenvalue weighted by Crippen LogP contribution is -2.45. The number of aryl methyl sites for hydroxylation is 1. The molecule has 5 nitrogen and oxygen atoms in total. The molecule has 1 unspecified atom stereocenters. The highest BCUT2D eigenvalue weighted by molar-refractivity contribution is 7.90. The zero-order valence-corrected chi connectivity index (χ0v) is 14.5. The molecule has 0 aliphatic carbocycles. The summed E-state index contributed by atoms with van der Waals surface area (Å²) in [5.74, 6) is 0.169. The van der Waals surface area contributed by atoms with Crippen LogP contribution in [0.2, 0.25) is 0 Å². The van der Waals surface area contributed by atoms with Gasteiger partial charge in [-0.1, -0.05) is 48.9 Å². The summed E-state index contributed by atoms with van der Waals surface area (Å²) >= 11 is 0. The molecule has 0 saturated carbocycles. The van der Waals surface area contributed by atoms with Gasteiger partial charge in [0, 0.05) is 13.1 Å². The van der Waals surface area contributed by atoms with Crippen LogP contribution in [0.15, 0.2) is 53.4 Å². The van der Waals surface area contributed by atoms with Gasteiger partial charge < -0.3 is 4.90 Å². The van der Waals surface area contributed by atoms with Crippen LogP contribution in [-0.2, 0) is 16.6 Å². The molecule has 1 N–H and O–H groups in total. The molecular formula is C18H20N2O3S. The van der Waals surface area contributed by atoms with E-state index in [4.69, 9.17) is 0 Å². The maximum absolute atomic E-state index is 12.4. The highest BCUT2D eigenvalue weighted by atomic mass is 32.2. The number of fused-ring (bicyclic) bond motifs is 1. The van der Waals surface area contributed by atoms with Crippen molar-refractivity contribution in [1.29, 1.82) is 0 Å². The molecule has 0 fully saturated rings. The molecule has 3 rings (SSSR count). The lowest BCUT2D eigenvalue weighted by Gasteiger charge is -2.32. The number of carbonyl (C=O) groups excluding carboxylic acids is 1. The lowest BCUT2D eigenvalue weighted by molar-refractivity contribution is 0.193. The van der Waals surface area contributed by atoms with Gasteiger partial charge in [-0.3, -0.25) is 0 Å². The molecule has 0 radical (unpaired) electrons. The summed E-state index contributed by atoms with van der Waals surface area (Å²) < 4.78 is 26.9. The number of nitrogens with one attached hydrogen (secondary N) is 1. The molecule has 0 spiro atoms. The first-order chi connectivity index (χ1) is 11.4. The summed E-state index contributed by atoms with van der Waals surface area (Å²) in [5, 5.41) is 0. The van der Waals surface area contributed by atoms with Crippen molar-refractivity contribution in [2.75, 3.05) is 6.54 Å². The van der Waals surface area contributed by atoms with Crippen molar-refractivity contribution in [2.24, 2.45) is 0 Å². The van der Waals surface area contributed by atoms with Gasteiger partial charge in [-0.15, -0.1) is 0 Å². The molecule has 1 aliphatic heterocycles. The standard InChI is InChI=1S/C18H20N2O3S/c1-13-7-9-16(10-8-13)24(22,23)19-18(21)20-11-14(2)17-6-4-3-5-15(17)12-20/h3-10,14H,11-12H2,1-2H3,(H,19,21). The minimum absolute atomic E-state index is 0.0897. The predicted molar refractivity (Wildman–Crippen MR) is 92.2 cm³/mol. The molecule has 1 aliphatic rings. The van der Waals surface area contributed by atoms with Crippen molar-refractivity contribution in [3.63, 3.8) is 0 Å². The average Bonchev–Trinajstić information content (AvgIpc) is 2.55. The molecule has 0 aromatic heterocycles. The Bertz CT molecular complexity index is 860. The Kier molecular flexibility index (Phi) is 4.32. The Morgan fingerprint density at radius 1 is 1.12 bits per heavy atom. The van der Waals surface area contributed by atoms with Crippen LogP contribution in [0.3, 0.4) is 0 Å². The zero-order valence-electron chi connectivity index (χ0n) is 13.7. The van der Waals surface area contributed by atoms with Crippen molar-refractivity contribution in [3.05, 3.63) is 65.2 Å². The van der Waals surface area contributed by atoms with E-state index >= 15 is 0 Å². The second-order valence-corrected chi connectivity index (χ2v) is 7.89. The number of carbonyl (C=O) groups is 1. The third-order valence-electron chi connectivity index (χ3n) is 4.28. The number of nitrogens with zero attached hydrogens (tertiary/aromatic N) is 1. The molecule has 0 saturated heterocycles. The second kappa shape index (κ2) is 6.28. The Labute approximate surface area is 142 Å². The summed E-state index contributed by atoms with van der Waals surface area (Å²) in [7, 11) is -3.86. The monoisotopic (exact) mass is 344 g/mol. The van der Waals surface area contributed by atoms with Gasteiger partial charge in [-0.2, -0.15) is 0 Å². The first-order valence-electron chi connectivity index (χ1n) is 7.83. The van der Waals surface area contributed by atoms with Crippen molar-refractivity contribution in [1.82, 2.24) is 9.62 Å². The number of rotatable bonds is 2. The van der Waals surface area contributed by atoms with Crippen LogP contribution in [0.4, 0.5) is 4.79 Å². The van der Waals surface area contributed by atoms with Gasteiger partial charge >= 0.3 is 6.03 Å². The molecule has 2 aromatic carbocycles. The lowest BCUT2D eigenvalue weighted by atomic mass is 9.91. The van der Waals surface area contributed by atoms with Crippen molar-refractivity contribution in [2.45, 2.75) is 31.2 Å². The molecule has 6 heteroatoms. The van der Waals surface area contributed by atoms with E-state index in [9.17, 15) is 13.2 Å². The SMILES string of the molecule is Cc1ccc(S(=O)(=O)NC(=O)N2Cc3ccccc3C(C)C2)cc1. The summed E-state index contributed by atoms with van der Waals surface area (Å²) in [6, 6.07) is 13.8. The van der Waals surface area contributed by atoms with E-state index in [0.29, 0.717) is 13.1 Å². The fourth-order valence-electron chi connectivity index (χ4n) is 2.97. The van der Waals surface area contributed by atoms with Crippen LogP contribution in [-0.4, -0.2) is 25.9 Å². The maximum atomic E-state index is 12.4. The Morgan fingerprint density at radius 2 is 1.79 bits per heavy atom. The van der Waals surface area contributed by atoms with Crippen molar-refractivity contribution < 1.29 is 13.2 Å². The third kappa shape index (κ3) is 3.28. The van der Waals surface area contributed by atoms with Gasteiger partial charge in [0.25, 0.3) is 10.0 Å². The zero-order chi connectivity index (χ0) is 17.3. The average molecular weight is 344 g/mol. The van der Waals surface area contributed by atoms with Gasteiger partial charge in [-0.25, -0.2) is 17.9 Å². The fraction of sp³-hybridized carbons (Fsp3) is 0.278. The molecule has 1 atom stereocenters. The smallest absolute Gasteiger partial charge is 0.319 e. The van der Waals surface area contributed by atoms with Crippen molar-refractivity contribution in [3.8, 4) is 0 Å². The van der Waals surface area contributed by atoms with E-state index in [1.807, 2.05) is 32.0 Å². The highest BCUT2D eigenvalue weighted by Crippen LogP contribution is 2.27. The third-order valence-corrected chi connectivity index (χ3v) is 5.62. The number of sulfonamides is 1. The van der Waals surface area contributed by atoms with Crippen LogP contribution in [0.25, 0.3) is 0 Å². The number of hydrogen-bond acceptors (Lipinski definition) is 3. The molecule has 126 valence electrons. The van der Waals surface area contributed by atoms with Crippen LogP contribution in [0.1, 0.15) is 29.5 Å². The maximum Gasteiger partial charge on any atom is 0.331 e. The van der Waals surface area contributed by atoms with E-state index in [2.05, 4.69) is 10.8 Å². The first-order valence-corrected chi connectivity index (χ1v) is 9.31. The summed E-state index contributed by atoms with van der Waals surface area (Å²) in [6.45, 7) is 4.82. The molecule has 24 heavy (non-hydrogen) atoms. The molecule has 1 heterocycles. The van der Waals surface area contributed by atoms with Crippen LogP contribution in [0, 0.1) is 6.92 Å². The van der Waals surface area contributed by atoms with Crippen LogP contribution in [0.5, 0.6) is 0 Å². The topological polar surface area (TPSA) is 66.5 Å². The second-order valence-electron chi connectivity index (χ2n) is 6.20. The molecule has 2 aromatic rings. The van der Waals surface area contributed by atoms with Crippen molar-refractivity contribution >= 4 is 16.1 Å².